The van der Waals surface area contributed by atoms with Crippen LogP contribution in [0.15, 0.2) is 12.1 Å². The molecule has 0 unspecified atom stereocenters. The Balaban J connectivity index is 0.00000180. The fourth-order valence-electron chi connectivity index (χ4n) is 2.02. The molecule has 2 rings (SSSR count). The Hall–Kier alpha value is -1.60. The molecule has 0 bridgehead atoms. The molecule has 0 radical (unpaired) electrons. The number of nitro groups is 1. The smallest absolute Gasteiger partial charge is 0.311 e. The molecule has 1 aromatic heterocycles. The summed E-state index contributed by atoms with van der Waals surface area (Å²) in [5.41, 5.74) is 5.83. The first-order valence-electron chi connectivity index (χ1n) is 5.81. The largest absolute Gasteiger partial charge is 0.481 e. The second-order valence-electron chi connectivity index (χ2n) is 4.28. The first-order chi connectivity index (χ1) is 8.61. The number of methoxy groups -OCH3 is 1. The number of rotatable bonds is 3. The highest BCUT2D eigenvalue weighted by molar-refractivity contribution is 5.85. The standard InChI is InChI=1S/C11H16N4O3.ClH/c1-18-10-3-2-9(15(16)17)11(13-10)14-6-4-8(12)5-7-14;/h2-3,8H,4-7,12H2,1H3;1H. The molecule has 0 atom stereocenters. The van der Waals surface area contributed by atoms with Gasteiger partial charge in [0.15, 0.2) is 0 Å². The van der Waals surface area contributed by atoms with E-state index in [2.05, 4.69) is 4.98 Å². The molecule has 19 heavy (non-hydrogen) atoms. The number of nitrogens with two attached hydrogens (primary N) is 1. The fraction of sp³-hybridized carbons (Fsp3) is 0.545. The monoisotopic (exact) mass is 288 g/mol. The van der Waals surface area contributed by atoms with Gasteiger partial charge in [0.1, 0.15) is 0 Å². The van der Waals surface area contributed by atoms with E-state index in [1.807, 2.05) is 4.90 Å². The van der Waals surface area contributed by atoms with Crippen molar-refractivity contribution in [1.29, 1.82) is 0 Å². The highest BCUT2D eigenvalue weighted by Gasteiger charge is 2.25. The van der Waals surface area contributed by atoms with E-state index in [1.54, 1.807) is 0 Å². The van der Waals surface area contributed by atoms with Crippen LogP contribution in [-0.4, -0.2) is 36.1 Å². The van der Waals surface area contributed by atoms with Crippen LogP contribution in [0.25, 0.3) is 0 Å². The number of ether oxygens (including phenoxy) is 1. The van der Waals surface area contributed by atoms with Crippen LogP contribution in [0, 0.1) is 10.1 Å². The molecular weight excluding hydrogens is 272 g/mol. The Labute approximate surface area is 117 Å². The molecule has 1 aliphatic rings. The lowest BCUT2D eigenvalue weighted by Crippen LogP contribution is -2.40. The number of piperidine rings is 1. The first kappa shape index (κ1) is 15.5. The van der Waals surface area contributed by atoms with E-state index in [1.165, 1.54) is 19.2 Å². The van der Waals surface area contributed by atoms with E-state index in [9.17, 15) is 10.1 Å². The SMILES string of the molecule is COc1ccc([N+](=O)[O-])c(N2CCC(N)CC2)n1.Cl. The van der Waals surface area contributed by atoms with Gasteiger partial charge >= 0.3 is 5.69 Å². The van der Waals surface area contributed by atoms with E-state index >= 15 is 0 Å². The van der Waals surface area contributed by atoms with Crippen molar-refractivity contribution in [2.24, 2.45) is 5.73 Å². The third kappa shape index (κ3) is 3.45. The van der Waals surface area contributed by atoms with Crippen molar-refractivity contribution >= 4 is 23.9 Å². The van der Waals surface area contributed by atoms with Crippen LogP contribution >= 0.6 is 12.4 Å². The van der Waals surface area contributed by atoms with Crippen LogP contribution in [0.5, 0.6) is 5.88 Å². The van der Waals surface area contributed by atoms with Crippen LogP contribution in [0.4, 0.5) is 11.5 Å². The van der Waals surface area contributed by atoms with Gasteiger partial charge in [0.05, 0.1) is 12.0 Å². The predicted molar refractivity (Wildman–Crippen MR) is 74.1 cm³/mol. The molecule has 0 amide bonds. The topological polar surface area (TPSA) is 94.5 Å². The summed E-state index contributed by atoms with van der Waals surface area (Å²) in [6, 6.07) is 3.10. The molecular formula is C11H17ClN4O3. The van der Waals surface area contributed by atoms with E-state index in [-0.39, 0.29) is 24.1 Å². The fourth-order valence-corrected chi connectivity index (χ4v) is 2.02. The van der Waals surface area contributed by atoms with Crippen molar-refractivity contribution in [3.8, 4) is 5.88 Å². The highest BCUT2D eigenvalue weighted by atomic mass is 35.5. The van der Waals surface area contributed by atoms with Crippen molar-refractivity contribution in [2.45, 2.75) is 18.9 Å². The summed E-state index contributed by atoms with van der Waals surface area (Å²) in [7, 11) is 1.49. The average molecular weight is 289 g/mol. The minimum absolute atomic E-state index is 0. The molecule has 0 aliphatic carbocycles. The Kier molecular flexibility index (Phi) is 5.31. The lowest BCUT2D eigenvalue weighted by molar-refractivity contribution is -0.384. The molecule has 1 aromatic rings. The minimum Gasteiger partial charge on any atom is -0.481 e. The van der Waals surface area contributed by atoms with Gasteiger partial charge in [0, 0.05) is 31.3 Å². The van der Waals surface area contributed by atoms with Crippen LogP contribution in [0.1, 0.15) is 12.8 Å². The maximum atomic E-state index is 11.0. The third-order valence-corrected chi connectivity index (χ3v) is 3.07. The molecule has 0 saturated carbocycles. The average Bonchev–Trinajstić information content (AvgIpc) is 2.38. The van der Waals surface area contributed by atoms with Crippen molar-refractivity contribution in [1.82, 2.24) is 4.98 Å². The van der Waals surface area contributed by atoms with Gasteiger partial charge in [-0.1, -0.05) is 0 Å². The molecule has 1 fully saturated rings. The van der Waals surface area contributed by atoms with Crippen molar-refractivity contribution in [2.75, 3.05) is 25.1 Å². The summed E-state index contributed by atoms with van der Waals surface area (Å²) in [5, 5.41) is 11.0. The third-order valence-electron chi connectivity index (χ3n) is 3.07. The summed E-state index contributed by atoms with van der Waals surface area (Å²) in [6.45, 7) is 1.37. The van der Waals surface area contributed by atoms with E-state index < -0.39 is 4.92 Å². The number of aromatic nitrogens is 1. The van der Waals surface area contributed by atoms with Crippen LogP contribution in [0.2, 0.25) is 0 Å². The summed E-state index contributed by atoms with van der Waals surface area (Å²) >= 11 is 0. The molecule has 0 spiro atoms. The summed E-state index contributed by atoms with van der Waals surface area (Å²) in [6.07, 6.45) is 1.63. The maximum Gasteiger partial charge on any atom is 0.311 e. The molecule has 2 N–H and O–H groups in total. The Morgan fingerprint density at radius 2 is 2.11 bits per heavy atom. The number of pyridine rings is 1. The van der Waals surface area contributed by atoms with Crippen molar-refractivity contribution in [3.05, 3.63) is 22.2 Å². The molecule has 106 valence electrons. The van der Waals surface area contributed by atoms with Crippen molar-refractivity contribution < 1.29 is 9.66 Å². The van der Waals surface area contributed by atoms with Gasteiger partial charge in [-0.05, 0) is 12.8 Å². The zero-order valence-electron chi connectivity index (χ0n) is 10.6. The van der Waals surface area contributed by atoms with Gasteiger partial charge < -0.3 is 15.4 Å². The number of halogens is 1. The quantitative estimate of drug-likeness (QED) is 0.666. The molecule has 1 aliphatic heterocycles. The Morgan fingerprint density at radius 3 is 2.63 bits per heavy atom. The Morgan fingerprint density at radius 1 is 1.47 bits per heavy atom. The lowest BCUT2D eigenvalue weighted by Gasteiger charge is -2.30. The van der Waals surface area contributed by atoms with Crippen LogP contribution in [0.3, 0.4) is 0 Å². The van der Waals surface area contributed by atoms with E-state index in [0.29, 0.717) is 24.8 Å². The van der Waals surface area contributed by atoms with Gasteiger partial charge in [-0.25, -0.2) is 0 Å². The second-order valence-corrected chi connectivity index (χ2v) is 4.28. The van der Waals surface area contributed by atoms with Gasteiger partial charge in [0.2, 0.25) is 11.7 Å². The van der Waals surface area contributed by atoms with Crippen molar-refractivity contribution in [3.63, 3.8) is 0 Å². The predicted octanol–water partition coefficient (Wildman–Crippen LogP) is 1.35. The molecule has 0 aromatic carbocycles. The van der Waals surface area contributed by atoms with Gasteiger partial charge in [-0.3, -0.25) is 10.1 Å². The second kappa shape index (κ2) is 6.53. The van der Waals surface area contributed by atoms with E-state index in [4.69, 9.17) is 10.5 Å². The maximum absolute atomic E-state index is 11.0. The highest BCUT2D eigenvalue weighted by Crippen LogP contribution is 2.30. The van der Waals surface area contributed by atoms with Crippen LogP contribution < -0.4 is 15.4 Å². The van der Waals surface area contributed by atoms with Gasteiger partial charge in [-0.15, -0.1) is 12.4 Å². The minimum atomic E-state index is -0.420. The van der Waals surface area contributed by atoms with E-state index in [0.717, 1.165) is 12.8 Å². The summed E-state index contributed by atoms with van der Waals surface area (Å²) < 4.78 is 5.02. The summed E-state index contributed by atoms with van der Waals surface area (Å²) in [5.74, 6) is 0.747. The zero-order valence-corrected chi connectivity index (χ0v) is 11.4. The number of anilines is 1. The zero-order chi connectivity index (χ0) is 13.1. The summed E-state index contributed by atoms with van der Waals surface area (Å²) in [4.78, 5) is 16.7. The van der Waals surface area contributed by atoms with Crippen LogP contribution in [-0.2, 0) is 0 Å². The van der Waals surface area contributed by atoms with Gasteiger partial charge in [-0.2, -0.15) is 4.98 Å². The number of hydrogen-bond donors (Lipinski definition) is 1. The number of nitrogens with zero attached hydrogens (tertiary/aromatic N) is 3. The Bertz CT molecular complexity index is 450. The molecule has 7 nitrogen and oxygen atoms in total. The molecule has 1 saturated heterocycles. The lowest BCUT2D eigenvalue weighted by atomic mass is 10.1. The molecule has 8 heteroatoms. The molecule has 2 heterocycles. The normalized spacial score (nSPS) is 15.8. The number of hydrogen-bond acceptors (Lipinski definition) is 6. The first-order valence-corrected chi connectivity index (χ1v) is 5.81. The van der Waals surface area contributed by atoms with Gasteiger partial charge in [0.25, 0.3) is 0 Å².